The Morgan fingerprint density at radius 1 is 1.21 bits per heavy atom. The molecule has 5 rings (SSSR count). The minimum atomic E-state index is 0.222. The normalized spacial score (nSPS) is 13.4. The largest absolute Gasteiger partial charge is 0.462 e. The van der Waals surface area contributed by atoms with E-state index in [0.717, 1.165) is 22.2 Å². The molecule has 7 nitrogen and oxygen atoms in total. The fraction of sp³-hybridized carbons (Fsp3) is 0.150. The average molecular weight is 394 g/mol. The average Bonchev–Trinajstić information content (AvgIpc) is 3.35. The highest BCUT2D eigenvalue weighted by atomic mass is 35.5. The van der Waals surface area contributed by atoms with Crippen LogP contribution < -0.4 is 4.90 Å². The Balaban J connectivity index is 1.67. The van der Waals surface area contributed by atoms with Crippen molar-refractivity contribution in [1.82, 2.24) is 19.6 Å². The van der Waals surface area contributed by atoms with E-state index in [0.29, 0.717) is 28.9 Å². The Bertz CT molecular complexity index is 1220. The minimum Gasteiger partial charge on any atom is -0.462 e. The van der Waals surface area contributed by atoms with Crippen molar-refractivity contribution in [3.05, 3.63) is 71.4 Å². The van der Waals surface area contributed by atoms with Gasteiger partial charge in [-0.15, -0.1) is 5.10 Å². The van der Waals surface area contributed by atoms with E-state index < -0.39 is 0 Å². The Morgan fingerprint density at radius 3 is 2.93 bits per heavy atom. The highest BCUT2D eigenvalue weighted by Crippen LogP contribution is 2.29. The van der Waals surface area contributed by atoms with Crippen molar-refractivity contribution in [2.45, 2.75) is 6.92 Å². The highest BCUT2D eigenvalue weighted by molar-refractivity contribution is 6.36. The molecule has 2 aromatic heterocycles. The first-order valence-electron chi connectivity index (χ1n) is 8.76. The lowest BCUT2D eigenvalue weighted by Crippen LogP contribution is -2.21. The number of anilines is 2. The maximum Gasteiger partial charge on any atom is 0.250 e. The molecule has 4 aromatic rings. The summed E-state index contributed by atoms with van der Waals surface area (Å²) in [6.07, 6.45) is 3.26. The summed E-state index contributed by atoms with van der Waals surface area (Å²) in [5, 5.41) is 6.00. The molecular formula is C20H16ClN5O2. The molecule has 140 valence electrons. The summed E-state index contributed by atoms with van der Waals surface area (Å²) >= 11 is 6.42. The molecule has 0 N–H and O–H groups in total. The van der Waals surface area contributed by atoms with Gasteiger partial charge >= 0.3 is 0 Å². The molecule has 0 bridgehead atoms. The molecule has 0 spiro atoms. The first-order chi connectivity index (χ1) is 13.7. The van der Waals surface area contributed by atoms with Crippen LogP contribution in [0.25, 0.3) is 16.6 Å². The number of fused-ring (bicyclic) bond motifs is 3. The van der Waals surface area contributed by atoms with Gasteiger partial charge in [0.2, 0.25) is 6.79 Å². The number of ether oxygens (including phenoxy) is 2. The summed E-state index contributed by atoms with van der Waals surface area (Å²) in [6.45, 7) is 2.71. The number of benzene rings is 2. The number of halogens is 1. The molecule has 28 heavy (non-hydrogen) atoms. The fourth-order valence-electron chi connectivity index (χ4n) is 3.22. The Morgan fingerprint density at radius 2 is 2.11 bits per heavy atom. The van der Waals surface area contributed by atoms with E-state index in [2.05, 4.69) is 16.1 Å². The summed E-state index contributed by atoms with van der Waals surface area (Å²) < 4.78 is 12.4. The molecule has 0 saturated heterocycles. The molecule has 0 radical (unpaired) electrons. The van der Waals surface area contributed by atoms with Crippen LogP contribution in [0.2, 0.25) is 5.02 Å². The molecule has 2 aromatic carbocycles. The van der Waals surface area contributed by atoms with Crippen LogP contribution in [0.1, 0.15) is 5.56 Å². The second-order valence-electron chi connectivity index (χ2n) is 6.50. The van der Waals surface area contributed by atoms with Gasteiger partial charge in [-0.25, -0.2) is 4.98 Å². The van der Waals surface area contributed by atoms with E-state index in [1.54, 1.807) is 17.1 Å². The molecule has 1 aliphatic rings. The molecule has 0 aliphatic carbocycles. The predicted octanol–water partition coefficient (Wildman–Crippen LogP) is 4.22. The predicted molar refractivity (Wildman–Crippen MR) is 107 cm³/mol. The van der Waals surface area contributed by atoms with Gasteiger partial charge in [0.15, 0.2) is 11.4 Å². The van der Waals surface area contributed by atoms with Gasteiger partial charge < -0.3 is 14.4 Å². The SMILES string of the molecule is Cc1cccc(N(CC2=COCO2)c2nc3c4c(Cl)cccc4ncn3n2)c1. The van der Waals surface area contributed by atoms with Gasteiger partial charge in [0, 0.05) is 5.69 Å². The second kappa shape index (κ2) is 6.69. The molecule has 0 amide bonds. The number of hydrogen-bond acceptors (Lipinski definition) is 6. The van der Waals surface area contributed by atoms with E-state index >= 15 is 0 Å². The highest BCUT2D eigenvalue weighted by Gasteiger charge is 2.21. The molecule has 3 heterocycles. The van der Waals surface area contributed by atoms with Crippen molar-refractivity contribution < 1.29 is 9.47 Å². The summed E-state index contributed by atoms with van der Waals surface area (Å²) in [4.78, 5) is 11.2. The number of rotatable bonds is 4. The fourth-order valence-corrected chi connectivity index (χ4v) is 3.47. The van der Waals surface area contributed by atoms with Gasteiger partial charge in [0.25, 0.3) is 5.95 Å². The van der Waals surface area contributed by atoms with E-state index in [4.69, 9.17) is 26.1 Å². The van der Waals surface area contributed by atoms with Crippen molar-refractivity contribution in [2.75, 3.05) is 18.2 Å². The van der Waals surface area contributed by atoms with Gasteiger partial charge in [-0.1, -0.05) is 29.8 Å². The zero-order valence-electron chi connectivity index (χ0n) is 15.0. The number of nitrogens with zero attached hydrogens (tertiary/aromatic N) is 5. The molecular weight excluding hydrogens is 378 g/mol. The van der Waals surface area contributed by atoms with Crippen molar-refractivity contribution >= 4 is 39.8 Å². The zero-order chi connectivity index (χ0) is 19.1. The summed E-state index contributed by atoms with van der Waals surface area (Å²) in [5.74, 6) is 1.23. The van der Waals surface area contributed by atoms with E-state index in [-0.39, 0.29) is 6.79 Å². The smallest absolute Gasteiger partial charge is 0.250 e. The first kappa shape index (κ1) is 16.8. The van der Waals surface area contributed by atoms with Gasteiger partial charge in [-0.05, 0) is 36.8 Å². The first-order valence-corrected chi connectivity index (χ1v) is 9.14. The van der Waals surface area contributed by atoms with Gasteiger partial charge in [0.1, 0.15) is 12.6 Å². The zero-order valence-corrected chi connectivity index (χ0v) is 15.8. The van der Waals surface area contributed by atoms with Crippen LogP contribution >= 0.6 is 11.6 Å². The molecule has 0 unspecified atom stereocenters. The number of aromatic nitrogens is 4. The summed E-state index contributed by atoms with van der Waals surface area (Å²) in [7, 11) is 0. The lowest BCUT2D eigenvalue weighted by molar-refractivity contribution is 0.0800. The molecule has 1 aliphatic heterocycles. The third-order valence-corrected chi connectivity index (χ3v) is 4.85. The van der Waals surface area contributed by atoms with E-state index in [1.807, 2.05) is 48.2 Å². The quantitative estimate of drug-likeness (QED) is 0.517. The Hall–Kier alpha value is -3.32. The van der Waals surface area contributed by atoms with Crippen LogP contribution in [0.5, 0.6) is 0 Å². The topological polar surface area (TPSA) is 64.8 Å². The van der Waals surface area contributed by atoms with Crippen molar-refractivity contribution in [1.29, 1.82) is 0 Å². The summed E-state index contributed by atoms with van der Waals surface area (Å²) in [6, 6.07) is 13.7. The van der Waals surface area contributed by atoms with Crippen molar-refractivity contribution in [3.63, 3.8) is 0 Å². The van der Waals surface area contributed by atoms with Crippen LogP contribution in [0.3, 0.4) is 0 Å². The molecule has 0 saturated carbocycles. The van der Waals surface area contributed by atoms with E-state index in [9.17, 15) is 0 Å². The Kier molecular flexibility index (Phi) is 4.02. The van der Waals surface area contributed by atoms with Crippen LogP contribution in [0, 0.1) is 6.92 Å². The van der Waals surface area contributed by atoms with Gasteiger partial charge in [-0.2, -0.15) is 9.50 Å². The lowest BCUT2D eigenvalue weighted by atomic mass is 10.2. The van der Waals surface area contributed by atoms with Gasteiger partial charge in [-0.3, -0.25) is 0 Å². The van der Waals surface area contributed by atoms with Crippen molar-refractivity contribution in [3.8, 4) is 0 Å². The van der Waals surface area contributed by atoms with Gasteiger partial charge in [0.05, 0.1) is 22.5 Å². The minimum absolute atomic E-state index is 0.222. The molecule has 8 heteroatoms. The Labute approximate surface area is 165 Å². The molecule has 0 atom stereocenters. The maximum absolute atomic E-state index is 6.42. The van der Waals surface area contributed by atoms with Crippen molar-refractivity contribution in [2.24, 2.45) is 0 Å². The third-order valence-electron chi connectivity index (χ3n) is 4.54. The van der Waals surface area contributed by atoms with Crippen LogP contribution in [-0.4, -0.2) is 32.9 Å². The summed E-state index contributed by atoms with van der Waals surface area (Å²) in [5.41, 5.74) is 3.52. The number of aryl methyl sites for hydroxylation is 1. The standard InChI is InChI=1S/C20H16ClN5O2/c1-13-4-2-5-14(8-13)25(9-15-10-27-12-28-15)20-23-19-18-16(21)6-3-7-17(18)22-11-26(19)24-20/h2-8,10-11H,9,12H2,1H3. The lowest BCUT2D eigenvalue weighted by Gasteiger charge is -2.21. The maximum atomic E-state index is 6.42. The van der Waals surface area contributed by atoms with E-state index in [1.165, 1.54) is 0 Å². The van der Waals surface area contributed by atoms with Crippen LogP contribution in [-0.2, 0) is 9.47 Å². The monoisotopic (exact) mass is 393 g/mol. The third kappa shape index (κ3) is 2.90. The number of hydrogen-bond donors (Lipinski definition) is 0. The van der Waals surface area contributed by atoms with Crippen LogP contribution in [0.15, 0.2) is 60.8 Å². The molecule has 0 fully saturated rings. The van der Waals surface area contributed by atoms with Crippen LogP contribution in [0.4, 0.5) is 11.6 Å². The second-order valence-corrected chi connectivity index (χ2v) is 6.90.